The van der Waals surface area contributed by atoms with E-state index in [9.17, 15) is 0 Å². The van der Waals surface area contributed by atoms with Crippen molar-refractivity contribution in [2.45, 2.75) is 76.1 Å². The molecule has 0 atom stereocenters. The van der Waals surface area contributed by atoms with E-state index in [0.717, 1.165) is 22.7 Å². The molecule has 91 heavy (non-hydrogen) atoms. The molecule has 0 aliphatic carbocycles. The zero-order valence-corrected chi connectivity index (χ0v) is 56.3. The van der Waals surface area contributed by atoms with E-state index in [2.05, 4.69) is 199 Å². The summed E-state index contributed by atoms with van der Waals surface area (Å²) in [6, 6.07) is 122. The molecule has 0 spiro atoms. The highest BCUT2D eigenvalue weighted by molar-refractivity contribution is 6.38. The van der Waals surface area contributed by atoms with Crippen LogP contribution in [0.25, 0.3) is 44.5 Å². The average Bonchev–Trinajstić information content (AvgIpc) is 3.84. The Labute approximate surface area is 551 Å². The summed E-state index contributed by atoms with van der Waals surface area (Å²) in [5, 5.41) is 18.2. The first-order chi connectivity index (χ1) is 44.7. The molecule has 0 aliphatic rings. The lowest BCUT2D eigenvalue weighted by atomic mass is 9.99. The van der Waals surface area contributed by atoms with Crippen molar-refractivity contribution >= 4 is 29.9 Å². The molecule has 12 rings (SSSR count). The van der Waals surface area contributed by atoms with Gasteiger partial charge in [0.25, 0.3) is 0 Å². The first-order valence-electron chi connectivity index (χ1n) is 31.6. The Balaban J connectivity index is 0. The van der Waals surface area contributed by atoms with Gasteiger partial charge in [0.1, 0.15) is 0 Å². The molecular formula is C84H105BN4O2. The number of nitrogen functional groups attached to an aromatic ring is 3. The van der Waals surface area contributed by atoms with E-state index in [4.69, 9.17) is 27.2 Å². The van der Waals surface area contributed by atoms with Crippen LogP contribution in [-0.2, 0) is 0 Å². The van der Waals surface area contributed by atoms with E-state index < -0.39 is 7.12 Å². The zero-order valence-electron chi connectivity index (χ0n) is 56.3. The molecule has 0 aromatic heterocycles. The molecule has 0 bridgehead atoms. The second kappa shape index (κ2) is 61.5. The minimum absolute atomic E-state index is 0.822. The second-order valence-electron chi connectivity index (χ2n) is 17.4. The molecule has 476 valence electrons. The Morgan fingerprint density at radius 1 is 0.209 bits per heavy atom. The van der Waals surface area contributed by atoms with Crippen LogP contribution >= 0.6 is 0 Å². The number of para-hydroxylation sites is 4. The lowest BCUT2D eigenvalue weighted by Gasteiger charge is -1.98. The van der Waals surface area contributed by atoms with Crippen molar-refractivity contribution < 1.29 is 10.0 Å². The van der Waals surface area contributed by atoms with Crippen molar-refractivity contribution in [3.05, 3.63) is 364 Å². The number of nitrogens with one attached hydrogen (secondary N) is 1. The highest BCUT2D eigenvalue weighted by Crippen LogP contribution is 2.20. The number of hydrogen-bond donors (Lipinski definition) is 6. The maximum Gasteiger partial charge on any atom is 0.448 e. The highest BCUT2D eigenvalue weighted by Gasteiger charge is 1.95. The van der Waals surface area contributed by atoms with Crippen LogP contribution in [0.4, 0.5) is 22.7 Å². The maximum atomic E-state index is 7.61. The standard InChI is InChI=1S/4C12H10.C7H9N.3C6H7N.5C2H6.CH5BO2/c4*1-3-7-11(8-4-1)12-9-5-2-6-10-12;1-8-7-5-3-2-4-6-7;3*7-6-4-2-1-3-5-6;5*1-2;1-2(3)4/h4*1-10H;2-6,8H,1H3;3*1-5H,7H2;5*1-2H3;3-4H,1H3. The fourth-order valence-electron chi connectivity index (χ4n) is 7.01. The van der Waals surface area contributed by atoms with Gasteiger partial charge in [0, 0.05) is 29.8 Å². The second-order valence-corrected chi connectivity index (χ2v) is 17.4. The molecule has 0 radical (unpaired) electrons. The summed E-state index contributed by atoms with van der Waals surface area (Å²) in [5.41, 5.74) is 29.9. The number of nitrogens with two attached hydrogens (primary N) is 3. The Bertz CT molecular complexity index is 2750. The lowest BCUT2D eigenvalue weighted by molar-refractivity contribution is 0.417. The van der Waals surface area contributed by atoms with Gasteiger partial charge in [-0.3, -0.25) is 0 Å². The van der Waals surface area contributed by atoms with Crippen molar-refractivity contribution in [1.82, 2.24) is 0 Å². The fourth-order valence-corrected chi connectivity index (χ4v) is 7.01. The first-order valence-corrected chi connectivity index (χ1v) is 31.6. The van der Waals surface area contributed by atoms with Crippen LogP contribution in [0.2, 0.25) is 6.82 Å². The third-order valence-electron chi connectivity index (χ3n) is 11.0. The predicted octanol–water partition coefficient (Wildman–Crippen LogP) is 23.2. The van der Waals surface area contributed by atoms with Crippen LogP contribution in [-0.4, -0.2) is 24.2 Å². The molecule has 0 heterocycles. The summed E-state index contributed by atoms with van der Waals surface area (Å²) in [4.78, 5) is 0. The Hall–Kier alpha value is -10.2. The van der Waals surface area contributed by atoms with Crippen molar-refractivity contribution in [3.63, 3.8) is 0 Å². The fraction of sp³-hybridized carbons (Fsp3) is 0.143. The smallest absolute Gasteiger partial charge is 0.427 e. The maximum absolute atomic E-state index is 7.61. The summed E-state index contributed by atoms with van der Waals surface area (Å²) in [6.45, 7) is 21.3. The number of hydrogen-bond acceptors (Lipinski definition) is 6. The van der Waals surface area contributed by atoms with E-state index in [1.54, 1.807) is 0 Å². The third-order valence-corrected chi connectivity index (χ3v) is 11.0. The van der Waals surface area contributed by atoms with E-state index in [0.29, 0.717) is 0 Å². The molecule has 12 aromatic rings. The summed E-state index contributed by atoms with van der Waals surface area (Å²) in [6.07, 6.45) is 0. The minimum atomic E-state index is -1.17. The molecule has 7 heteroatoms. The van der Waals surface area contributed by atoms with Crippen molar-refractivity contribution in [2.24, 2.45) is 0 Å². The van der Waals surface area contributed by atoms with Gasteiger partial charge in [0.05, 0.1) is 0 Å². The quantitative estimate of drug-likeness (QED) is 0.0752. The molecule has 0 amide bonds. The summed E-state index contributed by atoms with van der Waals surface area (Å²) in [5.74, 6) is 0. The molecule has 0 aliphatic heterocycles. The number of anilines is 4. The number of benzene rings is 12. The van der Waals surface area contributed by atoms with Crippen LogP contribution in [0.5, 0.6) is 0 Å². The first kappa shape index (κ1) is 82.9. The molecule has 0 unspecified atom stereocenters. The topological polar surface area (TPSA) is 131 Å². The minimum Gasteiger partial charge on any atom is -0.427 e. The summed E-state index contributed by atoms with van der Waals surface area (Å²) >= 11 is 0. The highest BCUT2D eigenvalue weighted by atomic mass is 16.4. The van der Waals surface area contributed by atoms with Crippen LogP contribution in [0, 0.1) is 0 Å². The normalized spacial score (nSPS) is 8.46. The van der Waals surface area contributed by atoms with E-state index >= 15 is 0 Å². The van der Waals surface area contributed by atoms with Gasteiger partial charge in [-0.1, -0.05) is 385 Å². The van der Waals surface area contributed by atoms with Gasteiger partial charge in [0.15, 0.2) is 0 Å². The molecular weight excluding hydrogens is 1110 g/mol. The molecule has 12 aromatic carbocycles. The van der Waals surface area contributed by atoms with Gasteiger partial charge in [-0.05, 0) is 99.9 Å². The van der Waals surface area contributed by atoms with Crippen LogP contribution in [0.3, 0.4) is 0 Å². The molecule has 0 saturated heterocycles. The molecule has 0 fully saturated rings. The zero-order chi connectivity index (χ0) is 67.6. The molecule has 0 saturated carbocycles. The third kappa shape index (κ3) is 44.9. The van der Waals surface area contributed by atoms with Crippen molar-refractivity contribution in [2.75, 3.05) is 29.6 Å². The Kier molecular flexibility index (Phi) is 56.0. The molecule has 9 N–H and O–H groups in total. The SMILES string of the molecule is CB(O)O.CC.CC.CC.CC.CC.CNc1ccccc1.Nc1ccccc1.Nc1ccccc1.Nc1ccccc1.c1ccc(-c2ccccc2)cc1.c1ccc(-c2ccccc2)cc1.c1ccc(-c2ccccc2)cc1.c1ccc(-c2ccccc2)cc1. The van der Waals surface area contributed by atoms with Gasteiger partial charge in [-0.2, -0.15) is 0 Å². The van der Waals surface area contributed by atoms with Crippen LogP contribution in [0.15, 0.2) is 364 Å². The van der Waals surface area contributed by atoms with Crippen LogP contribution < -0.4 is 22.5 Å². The Morgan fingerprint density at radius 2 is 0.308 bits per heavy atom. The van der Waals surface area contributed by atoms with Crippen molar-refractivity contribution in [1.29, 1.82) is 0 Å². The van der Waals surface area contributed by atoms with Crippen LogP contribution in [0.1, 0.15) is 69.2 Å². The average molecular weight is 1210 g/mol. The van der Waals surface area contributed by atoms with Gasteiger partial charge >= 0.3 is 7.12 Å². The Morgan fingerprint density at radius 3 is 0.385 bits per heavy atom. The molecule has 6 nitrogen and oxygen atoms in total. The van der Waals surface area contributed by atoms with E-state index in [-0.39, 0.29) is 0 Å². The van der Waals surface area contributed by atoms with Gasteiger partial charge in [-0.25, -0.2) is 0 Å². The summed E-state index contributed by atoms with van der Waals surface area (Å²) < 4.78 is 0. The van der Waals surface area contributed by atoms with Gasteiger partial charge in [-0.15, -0.1) is 0 Å². The largest absolute Gasteiger partial charge is 0.448 e. The lowest BCUT2D eigenvalue weighted by Crippen LogP contribution is -2.00. The van der Waals surface area contributed by atoms with E-state index in [1.807, 2.05) is 246 Å². The van der Waals surface area contributed by atoms with Gasteiger partial charge in [0.2, 0.25) is 0 Å². The monoisotopic (exact) mass is 1210 g/mol. The number of rotatable bonds is 5. The summed E-state index contributed by atoms with van der Waals surface area (Å²) in [7, 11) is 0.745. The van der Waals surface area contributed by atoms with Crippen molar-refractivity contribution in [3.8, 4) is 44.5 Å². The van der Waals surface area contributed by atoms with E-state index in [1.165, 1.54) is 51.3 Å². The van der Waals surface area contributed by atoms with Gasteiger partial charge < -0.3 is 32.6 Å². The predicted molar refractivity (Wildman–Crippen MR) is 409 cm³/mol.